The minimum absolute atomic E-state index is 0.100. The van der Waals surface area contributed by atoms with Gasteiger partial charge in [0.2, 0.25) is 0 Å². The number of nitrogens with two attached hydrogens (primary N) is 1. The second-order valence-corrected chi connectivity index (χ2v) is 7.54. The van der Waals surface area contributed by atoms with Crippen LogP contribution in [0.3, 0.4) is 0 Å². The molecule has 1 amide bonds. The second-order valence-electron chi connectivity index (χ2n) is 7.54. The van der Waals surface area contributed by atoms with Gasteiger partial charge >= 0.3 is 0 Å². The van der Waals surface area contributed by atoms with E-state index in [1.807, 2.05) is 18.5 Å². The number of aromatic nitrogens is 2. The van der Waals surface area contributed by atoms with E-state index in [9.17, 15) is 4.79 Å². The molecule has 0 saturated carbocycles. The van der Waals surface area contributed by atoms with Gasteiger partial charge in [-0.1, -0.05) is 13.8 Å². The van der Waals surface area contributed by atoms with Gasteiger partial charge in [0.25, 0.3) is 5.91 Å². The summed E-state index contributed by atoms with van der Waals surface area (Å²) in [6.07, 6.45) is 2.49. The van der Waals surface area contributed by atoms with E-state index >= 15 is 0 Å². The van der Waals surface area contributed by atoms with Crippen LogP contribution in [0.4, 0.5) is 0 Å². The minimum Gasteiger partial charge on any atom is -0.345 e. The van der Waals surface area contributed by atoms with Crippen molar-refractivity contribution in [3.8, 4) is 0 Å². The molecule has 0 bridgehead atoms. The fraction of sp³-hybridized carbons (Fsp3) is 0.750. The summed E-state index contributed by atoms with van der Waals surface area (Å²) in [4.78, 5) is 12.5. The molecule has 1 rings (SSSR count). The molecule has 3 N–H and O–H groups in total. The van der Waals surface area contributed by atoms with Crippen molar-refractivity contribution in [1.29, 1.82) is 0 Å². The molecule has 1 heterocycles. The Hall–Kier alpha value is -1.36. The van der Waals surface area contributed by atoms with Crippen LogP contribution >= 0.6 is 0 Å². The SMILES string of the molecule is Cc1c(C(=O)NC(C)(CN)CC(C)C)cnn1C(C)(C)C. The highest BCUT2D eigenvalue weighted by Gasteiger charge is 2.28. The predicted octanol–water partition coefficient (Wildman–Crippen LogP) is 2.44. The van der Waals surface area contributed by atoms with Gasteiger partial charge in [-0.05, 0) is 47.0 Å². The van der Waals surface area contributed by atoms with Crippen molar-refractivity contribution in [1.82, 2.24) is 15.1 Å². The Morgan fingerprint density at radius 1 is 1.38 bits per heavy atom. The molecule has 120 valence electrons. The molecule has 1 atom stereocenters. The summed E-state index contributed by atoms with van der Waals surface area (Å²) in [5.74, 6) is 0.369. The maximum Gasteiger partial charge on any atom is 0.255 e. The topological polar surface area (TPSA) is 72.9 Å². The molecular weight excluding hydrogens is 264 g/mol. The first-order chi connectivity index (χ1) is 9.50. The van der Waals surface area contributed by atoms with E-state index in [0.29, 0.717) is 18.0 Å². The number of carbonyl (C=O) groups excluding carboxylic acids is 1. The highest BCUT2D eigenvalue weighted by Crippen LogP contribution is 2.20. The molecule has 0 aromatic carbocycles. The van der Waals surface area contributed by atoms with Crippen LogP contribution in [-0.2, 0) is 5.54 Å². The standard InChI is InChI=1S/C16H30N4O/c1-11(2)8-16(7,10-17)19-14(21)13-9-18-20(12(13)3)15(4,5)6/h9,11H,8,10,17H2,1-7H3,(H,19,21). The smallest absolute Gasteiger partial charge is 0.255 e. The quantitative estimate of drug-likeness (QED) is 0.876. The lowest BCUT2D eigenvalue weighted by molar-refractivity contribution is 0.0897. The average molecular weight is 294 g/mol. The van der Waals surface area contributed by atoms with Crippen molar-refractivity contribution in [2.24, 2.45) is 11.7 Å². The Kier molecular flexibility index (Phi) is 5.20. The van der Waals surface area contributed by atoms with E-state index in [4.69, 9.17) is 5.73 Å². The molecule has 21 heavy (non-hydrogen) atoms. The Morgan fingerprint density at radius 3 is 2.33 bits per heavy atom. The number of hydrogen-bond acceptors (Lipinski definition) is 3. The fourth-order valence-electron chi connectivity index (χ4n) is 2.74. The van der Waals surface area contributed by atoms with Crippen molar-refractivity contribution in [2.75, 3.05) is 6.54 Å². The minimum atomic E-state index is -0.387. The van der Waals surface area contributed by atoms with Crippen LogP contribution in [0.5, 0.6) is 0 Å². The lowest BCUT2D eigenvalue weighted by atomic mass is 9.90. The highest BCUT2D eigenvalue weighted by atomic mass is 16.1. The third kappa shape index (κ3) is 4.30. The maximum absolute atomic E-state index is 12.5. The van der Waals surface area contributed by atoms with Crippen LogP contribution in [-0.4, -0.2) is 27.8 Å². The molecule has 0 aliphatic heterocycles. The van der Waals surface area contributed by atoms with Gasteiger partial charge in [0.15, 0.2) is 0 Å². The molecule has 5 nitrogen and oxygen atoms in total. The Morgan fingerprint density at radius 2 is 1.95 bits per heavy atom. The zero-order chi connectivity index (χ0) is 16.4. The van der Waals surface area contributed by atoms with Crippen LogP contribution in [0, 0.1) is 12.8 Å². The molecule has 0 aliphatic rings. The summed E-state index contributed by atoms with van der Waals surface area (Å²) in [7, 11) is 0. The Labute approximate surface area is 128 Å². The van der Waals surface area contributed by atoms with E-state index < -0.39 is 0 Å². The maximum atomic E-state index is 12.5. The number of rotatable bonds is 5. The van der Waals surface area contributed by atoms with Gasteiger partial charge < -0.3 is 11.1 Å². The predicted molar refractivity (Wildman–Crippen MR) is 86.3 cm³/mol. The first-order valence-corrected chi connectivity index (χ1v) is 7.58. The molecule has 0 fully saturated rings. The van der Waals surface area contributed by atoms with Crippen molar-refractivity contribution in [3.05, 3.63) is 17.5 Å². The normalized spacial score (nSPS) is 15.1. The van der Waals surface area contributed by atoms with Gasteiger partial charge in [0.1, 0.15) is 0 Å². The average Bonchev–Trinajstić information content (AvgIpc) is 2.69. The van der Waals surface area contributed by atoms with Gasteiger partial charge in [-0.25, -0.2) is 0 Å². The van der Waals surface area contributed by atoms with Gasteiger partial charge in [0, 0.05) is 17.8 Å². The van der Waals surface area contributed by atoms with E-state index in [1.165, 1.54) is 0 Å². The van der Waals surface area contributed by atoms with E-state index in [2.05, 4.69) is 45.0 Å². The number of nitrogens with one attached hydrogen (secondary N) is 1. The first-order valence-electron chi connectivity index (χ1n) is 7.58. The van der Waals surface area contributed by atoms with Crippen LogP contribution in [0.1, 0.15) is 64.0 Å². The molecular formula is C16H30N4O. The summed E-state index contributed by atoms with van der Waals surface area (Å²) >= 11 is 0. The highest BCUT2D eigenvalue weighted by molar-refractivity contribution is 5.95. The molecule has 5 heteroatoms. The van der Waals surface area contributed by atoms with Gasteiger partial charge in [-0.2, -0.15) is 5.10 Å². The zero-order valence-electron chi connectivity index (χ0n) is 14.4. The lowest BCUT2D eigenvalue weighted by Gasteiger charge is -2.31. The van der Waals surface area contributed by atoms with E-state index in [0.717, 1.165) is 12.1 Å². The molecule has 0 radical (unpaired) electrons. The third-order valence-electron chi connectivity index (χ3n) is 3.61. The van der Waals surface area contributed by atoms with Crippen molar-refractivity contribution < 1.29 is 4.79 Å². The fourth-order valence-corrected chi connectivity index (χ4v) is 2.74. The van der Waals surface area contributed by atoms with Crippen molar-refractivity contribution in [3.63, 3.8) is 0 Å². The molecule has 0 aliphatic carbocycles. The van der Waals surface area contributed by atoms with Gasteiger partial charge in [-0.3, -0.25) is 9.48 Å². The summed E-state index contributed by atoms with van der Waals surface area (Å²) < 4.78 is 1.88. The Bertz CT molecular complexity index is 499. The second kappa shape index (κ2) is 6.18. The van der Waals surface area contributed by atoms with Gasteiger partial charge in [0.05, 0.1) is 17.3 Å². The molecule has 1 aromatic rings. The van der Waals surface area contributed by atoms with Crippen LogP contribution in [0.15, 0.2) is 6.20 Å². The number of nitrogens with zero attached hydrogens (tertiary/aromatic N) is 2. The van der Waals surface area contributed by atoms with Crippen molar-refractivity contribution in [2.45, 2.75) is 66.0 Å². The van der Waals surface area contributed by atoms with Crippen LogP contribution in [0.25, 0.3) is 0 Å². The molecule has 1 unspecified atom stereocenters. The zero-order valence-corrected chi connectivity index (χ0v) is 14.4. The summed E-state index contributed by atoms with van der Waals surface area (Å²) in [5.41, 5.74) is 6.83. The van der Waals surface area contributed by atoms with E-state index in [-0.39, 0.29) is 17.0 Å². The lowest BCUT2D eigenvalue weighted by Crippen LogP contribution is -2.52. The number of carbonyl (C=O) groups is 1. The van der Waals surface area contributed by atoms with Crippen LogP contribution in [0.2, 0.25) is 0 Å². The van der Waals surface area contributed by atoms with E-state index in [1.54, 1.807) is 6.20 Å². The Balaban J connectivity index is 2.97. The molecule has 1 aromatic heterocycles. The van der Waals surface area contributed by atoms with Crippen LogP contribution < -0.4 is 11.1 Å². The molecule has 0 spiro atoms. The summed E-state index contributed by atoms with van der Waals surface area (Å²) in [5, 5.41) is 7.43. The first kappa shape index (κ1) is 17.7. The van der Waals surface area contributed by atoms with Gasteiger partial charge in [-0.15, -0.1) is 0 Å². The number of amides is 1. The number of hydrogen-bond donors (Lipinski definition) is 2. The summed E-state index contributed by atoms with van der Waals surface area (Å²) in [6.45, 7) is 14.8. The monoisotopic (exact) mass is 294 g/mol. The third-order valence-corrected chi connectivity index (χ3v) is 3.61. The largest absolute Gasteiger partial charge is 0.345 e. The summed E-state index contributed by atoms with van der Waals surface area (Å²) in [6, 6.07) is 0. The molecule has 0 saturated heterocycles. The van der Waals surface area contributed by atoms with Crippen molar-refractivity contribution >= 4 is 5.91 Å².